The lowest BCUT2D eigenvalue weighted by atomic mass is 9.91. The zero-order valence-corrected chi connectivity index (χ0v) is 23.5. The Balaban J connectivity index is 1.59. The van der Waals surface area contributed by atoms with E-state index in [4.69, 9.17) is 4.74 Å². The Morgan fingerprint density at radius 3 is 2.59 bits per heavy atom. The summed E-state index contributed by atoms with van der Waals surface area (Å²) in [6, 6.07) is 2.11. The molecule has 1 aromatic carbocycles. The van der Waals surface area contributed by atoms with Gasteiger partial charge < -0.3 is 20.3 Å². The zero-order chi connectivity index (χ0) is 29.7. The van der Waals surface area contributed by atoms with Crippen molar-refractivity contribution in [1.29, 1.82) is 0 Å². The Hall–Kier alpha value is -3.38. The molecule has 4 rings (SSSR count). The summed E-state index contributed by atoms with van der Waals surface area (Å²) in [5.74, 6) is -0.837. The molecule has 2 N–H and O–H groups in total. The summed E-state index contributed by atoms with van der Waals surface area (Å²) >= 11 is 0. The van der Waals surface area contributed by atoms with Crippen LogP contribution in [0.5, 0.6) is 0 Å². The highest BCUT2D eigenvalue weighted by Crippen LogP contribution is 2.42. The zero-order valence-electron chi connectivity index (χ0n) is 23.5. The topological polar surface area (TPSA) is 94.2 Å². The monoisotopic (exact) mass is 577 g/mol. The molecule has 3 heterocycles. The van der Waals surface area contributed by atoms with Crippen molar-refractivity contribution < 1.29 is 32.3 Å². The molecule has 1 aromatic rings. The highest BCUT2D eigenvalue weighted by Gasteiger charge is 2.48. The van der Waals surface area contributed by atoms with E-state index in [9.17, 15) is 27.6 Å². The van der Waals surface area contributed by atoms with Gasteiger partial charge in [0.25, 0.3) is 5.91 Å². The normalized spacial score (nSPS) is 20.8. The molecule has 41 heavy (non-hydrogen) atoms. The fourth-order valence-corrected chi connectivity index (χ4v) is 5.61. The molecule has 0 aliphatic carbocycles. The van der Waals surface area contributed by atoms with Gasteiger partial charge in [-0.3, -0.25) is 19.4 Å². The number of nitrogens with one attached hydrogen (secondary N) is 2. The molecule has 12 heteroatoms. The second kappa shape index (κ2) is 13.1. The molecule has 9 nitrogen and oxygen atoms in total. The van der Waals surface area contributed by atoms with Crippen LogP contribution < -0.4 is 10.6 Å². The van der Waals surface area contributed by atoms with Crippen LogP contribution in [0.1, 0.15) is 43.9 Å². The van der Waals surface area contributed by atoms with Crippen LogP contribution in [-0.4, -0.2) is 91.1 Å². The smallest absolute Gasteiger partial charge is 0.379 e. The van der Waals surface area contributed by atoms with Crippen molar-refractivity contribution in [3.05, 3.63) is 59.3 Å². The number of amides is 4. The predicted octanol–water partition coefficient (Wildman–Crippen LogP) is 3.31. The van der Waals surface area contributed by atoms with E-state index in [1.807, 2.05) is 13.8 Å². The van der Waals surface area contributed by atoms with Gasteiger partial charge in [0.2, 0.25) is 5.91 Å². The molecule has 0 bridgehead atoms. The van der Waals surface area contributed by atoms with Crippen LogP contribution in [0.2, 0.25) is 0 Å². The molecule has 2 atom stereocenters. The van der Waals surface area contributed by atoms with E-state index in [0.717, 1.165) is 32.1 Å². The molecule has 0 aromatic heterocycles. The molecule has 0 radical (unpaired) electrons. The summed E-state index contributed by atoms with van der Waals surface area (Å²) in [5.41, 5.74) is -0.828. The summed E-state index contributed by atoms with van der Waals surface area (Å²) in [7, 11) is 0. The molecule has 3 aliphatic heterocycles. The lowest BCUT2D eigenvalue weighted by Crippen LogP contribution is -2.49. The van der Waals surface area contributed by atoms with Gasteiger partial charge >= 0.3 is 12.2 Å². The summed E-state index contributed by atoms with van der Waals surface area (Å²) in [5, 5.41) is 5.56. The van der Waals surface area contributed by atoms with E-state index >= 15 is 0 Å². The van der Waals surface area contributed by atoms with Crippen LogP contribution in [0.25, 0.3) is 0 Å². The number of ether oxygens (including phenoxy) is 1. The van der Waals surface area contributed by atoms with Crippen LogP contribution >= 0.6 is 0 Å². The van der Waals surface area contributed by atoms with Crippen molar-refractivity contribution in [3.63, 3.8) is 0 Å². The van der Waals surface area contributed by atoms with Gasteiger partial charge in [-0.15, -0.1) is 6.58 Å². The van der Waals surface area contributed by atoms with Crippen molar-refractivity contribution in [2.45, 2.75) is 44.9 Å². The average Bonchev–Trinajstić information content (AvgIpc) is 3.27. The van der Waals surface area contributed by atoms with E-state index in [1.54, 1.807) is 0 Å². The fourth-order valence-electron chi connectivity index (χ4n) is 5.61. The van der Waals surface area contributed by atoms with Gasteiger partial charge in [0, 0.05) is 26.2 Å². The van der Waals surface area contributed by atoms with Gasteiger partial charge in [-0.25, -0.2) is 4.79 Å². The Morgan fingerprint density at radius 2 is 1.93 bits per heavy atom. The molecule has 0 unspecified atom stereocenters. The number of carbonyl (C=O) groups excluding carboxylic acids is 3. The molecule has 1 fully saturated rings. The van der Waals surface area contributed by atoms with E-state index < -0.39 is 35.8 Å². The van der Waals surface area contributed by atoms with Crippen molar-refractivity contribution >= 4 is 17.8 Å². The third-order valence-electron chi connectivity index (χ3n) is 7.57. The van der Waals surface area contributed by atoms with Crippen molar-refractivity contribution in [2.75, 3.05) is 52.5 Å². The SMILES string of the molecule is C=CCN1C(=O)N[C@@H](c2ccccc2C(F)(F)F)C2=C1CN([C@@H](CC(C)C)C(=O)NCCCN1CCOCC1)C2=O. The summed E-state index contributed by atoms with van der Waals surface area (Å²) in [6.07, 6.45) is -2.13. The van der Waals surface area contributed by atoms with Crippen molar-refractivity contribution in [1.82, 2.24) is 25.3 Å². The number of urea groups is 1. The first-order valence-electron chi connectivity index (χ1n) is 14.0. The minimum atomic E-state index is -4.69. The third kappa shape index (κ3) is 6.92. The number of carbonyl (C=O) groups is 3. The Kier molecular flexibility index (Phi) is 9.75. The van der Waals surface area contributed by atoms with Crippen LogP contribution in [0.3, 0.4) is 0 Å². The maximum atomic E-state index is 14.0. The molecule has 0 spiro atoms. The Bertz CT molecular complexity index is 1180. The number of morpholine rings is 1. The van der Waals surface area contributed by atoms with Gasteiger partial charge in [-0.2, -0.15) is 13.2 Å². The number of hydrogen-bond acceptors (Lipinski definition) is 5. The van der Waals surface area contributed by atoms with Gasteiger partial charge in [0.05, 0.1) is 42.6 Å². The van der Waals surface area contributed by atoms with E-state index in [0.29, 0.717) is 26.2 Å². The maximum Gasteiger partial charge on any atom is 0.416 e. The first kappa shape index (κ1) is 30.6. The van der Waals surface area contributed by atoms with Crippen LogP contribution in [0.15, 0.2) is 48.2 Å². The summed E-state index contributed by atoms with van der Waals surface area (Å²) in [6.45, 7) is 11.8. The number of rotatable bonds is 11. The Labute approximate surface area is 238 Å². The largest absolute Gasteiger partial charge is 0.416 e. The number of hydrogen-bond donors (Lipinski definition) is 2. The molecule has 4 amide bonds. The van der Waals surface area contributed by atoms with Crippen LogP contribution in [0.4, 0.5) is 18.0 Å². The first-order valence-corrected chi connectivity index (χ1v) is 14.0. The second-order valence-electron chi connectivity index (χ2n) is 10.9. The molecule has 0 saturated carbocycles. The van der Waals surface area contributed by atoms with Gasteiger partial charge in [0.1, 0.15) is 6.04 Å². The average molecular weight is 578 g/mol. The van der Waals surface area contributed by atoms with Crippen LogP contribution in [-0.2, 0) is 20.5 Å². The maximum absolute atomic E-state index is 14.0. The summed E-state index contributed by atoms with van der Waals surface area (Å²) < 4.78 is 47.2. The number of nitrogens with zero attached hydrogens (tertiary/aromatic N) is 3. The first-order chi connectivity index (χ1) is 19.5. The standard InChI is InChI=1S/C29H38F3N5O4/c1-4-11-36-23-18-37(22(17-19(2)3)26(38)33-10-7-12-35-13-15-41-16-14-35)27(39)24(23)25(34-28(36)40)20-8-5-6-9-21(20)29(30,31)32/h4-6,8-9,19,22,25H,1,7,10-18H2,2-3H3,(H,33,38)(H,34,40)/t22-,25-/m0/s1. The quantitative estimate of drug-likeness (QED) is 0.311. The highest BCUT2D eigenvalue weighted by atomic mass is 19.4. The van der Waals surface area contributed by atoms with E-state index in [-0.39, 0.29) is 41.7 Å². The highest BCUT2D eigenvalue weighted by molar-refractivity contribution is 6.03. The van der Waals surface area contributed by atoms with E-state index in [2.05, 4.69) is 22.1 Å². The number of alkyl halides is 3. The number of halogens is 3. The second-order valence-corrected chi connectivity index (χ2v) is 10.9. The molecular formula is C29H38F3N5O4. The molecule has 224 valence electrons. The lowest BCUT2D eigenvalue weighted by molar-refractivity contribution is -0.139. The van der Waals surface area contributed by atoms with Crippen molar-refractivity contribution in [3.8, 4) is 0 Å². The molecule has 3 aliphatic rings. The van der Waals surface area contributed by atoms with Gasteiger partial charge in [-0.1, -0.05) is 38.1 Å². The van der Waals surface area contributed by atoms with E-state index in [1.165, 1.54) is 34.1 Å². The van der Waals surface area contributed by atoms with Gasteiger partial charge in [-0.05, 0) is 36.9 Å². The summed E-state index contributed by atoms with van der Waals surface area (Å²) in [4.78, 5) is 45.5. The minimum Gasteiger partial charge on any atom is -0.379 e. The molecular weight excluding hydrogens is 539 g/mol. The Morgan fingerprint density at radius 1 is 1.22 bits per heavy atom. The lowest BCUT2D eigenvalue weighted by Gasteiger charge is -2.33. The number of benzene rings is 1. The fraction of sp³-hybridized carbons (Fsp3) is 0.552. The van der Waals surface area contributed by atoms with Crippen LogP contribution in [0, 0.1) is 5.92 Å². The van der Waals surface area contributed by atoms with Crippen molar-refractivity contribution in [2.24, 2.45) is 5.92 Å². The molecule has 1 saturated heterocycles. The van der Waals surface area contributed by atoms with Gasteiger partial charge in [0.15, 0.2) is 0 Å². The predicted molar refractivity (Wildman–Crippen MR) is 146 cm³/mol. The third-order valence-corrected chi connectivity index (χ3v) is 7.57. The minimum absolute atomic E-state index is 0.0389.